The third-order valence-electron chi connectivity index (χ3n) is 1.06. The molecule has 3 N–H and O–H groups in total. The van der Waals surface area contributed by atoms with Crippen molar-refractivity contribution in [1.82, 2.24) is 0 Å². The minimum Gasteiger partial charge on any atom is -0.202 e. The molecule has 0 amide bonds. The molecule has 0 radical (unpaired) electrons. The molecule has 1 atom stereocenters. The number of nitrogens with two attached hydrogens (primary N) is 1. The van der Waals surface area contributed by atoms with Crippen LogP contribution in [0.15, 0.2) is 0 Å². The molecule has 0 heterocycles. The zero-order chi connectivity index (χ0) is 8.74. The van der Waals surface area contributed by atoms with Crippen molar-refractivity contribution < 1.29 is 9.42 Å². The number of rotatable bonds is 5. The molecule has 0 saturated carbocycles. The van der Waals surface area contributed by atoms with Gasteiger partial charge in [-0.15, -0.1) is 0 Å². The summed E-state index contributed by atoms with van der Waals surface area (Å²) in [4.78, 5) is 9.29. The lowest BCUT2D eigenvalue weighted by Crippen LogP contribution is -2.11. The van der Waals surface area contributed by atoms with Crippen molar-refractivity contribution in [1.29, 1.82) is 5.26 Å². The molecule has 4 nitrogen and oxygen atoms in total. The first-order valence-corrected chi connectivity index (χ1v) is 5.44. The molecule has 0 aliphatic rings. The van der Waals surface area contributed by atoms with Crippen LogP contribution in [0.2, 0.25) is 0 Å². The molecule has 0 aliphatic heterocycles. The van der Waals surface area contributed by atoms with E-state index < -0.39 is 7.87 Å². The van der Waals surface area contributed by atoms with Gasteiger partial charge in [-0.2, -0.15) is 15.3 Å². The number of nitriles is 1. The Hall–Kier alpha value is -0.200. The lowest BCUT2D eigenvalue weighted by Gasteiger charge is -2.10. The van der Waals surface area contributed by atoms with Crippen LogP contribution in [0, 0.1) is 11.3 Å². The summed E-state index contributed by atoms with van der Waals surface area (Å²) in [6, 6.07) is 1.91. The van der Waals surface area contributed by atoms with Crippen LogP contribution in [0.5, 0.6) is 0 Å². The number of nitrogens with zero attached hydrogens (tertiary/aromatic N) is 1. The molecule has 5 heteroatoms. The molecule has 0 fully saturated rings. The fraction of sp³-hybridized carbons (Fsp3) is 0.833. The Morgan fingerprint density at radius 3 is 2.82 bits per heavy atom. The van der Waals surface area contributed by atoms with Crippen molar-refractivity contribution in [2.24, 2.45) is 5.50 Å². The van der Waals surface area contributed by atoms with Crippen LogP contribution in [0.4, 0.5) is 0 Å². The summed E-state index contributed by atoms with van der Waals surface area (Å²) in [6.45, 7) is 2.40. The SMILES string of the molecule is CCCO[P+](N)(O)CCC#N. The number of hydrogen-bond acceptors (Lipinski definition) is 4. The quantitative estimate of drug-likeness (QED) is 0.615. The second-order valence-electron chi connectivity index (χ2n) is 2.22. The Kier molecular flexibility index (Phi) is 5.35. The number of hydrogen-bond donors (Lipinski definition) is 2. The Bertz CT molecular complexity index is 144. The van der Waals surface area contributed by atoms with Crippen molar-refractivity contribution in [2.45, 2.75) is 19.8 Å². The molecule has 0 bridgehead atoms. The summed E-state index contributed by atoms with van der Waals surface area (Å²) in [5, 5.41) is 8.20. The molecule has 0 rings (SSSR count). The lowest BCUT2D eigenvalue weighted by atomic mass is 10.5. The van der Waals surface area contributed by atoms with Crippen LogP contribution in [-0.4, -0.2) is 17.7 Å². The van der Waals surface area contributed by atoms with E-state index in [9.17, 15) is 4.89 Å². The average molecular weight is 177 g/mol. The van der Waals surface area contributed by atoms with E-state index >= 15 is 0 Å². The van der Waals surface area contributed by atoms with Crippen molar-refractivity contribution in [2.75, 3.05) is 12.8 Å². The van der Waals surface area contributed by atoms with Crippen molar-refractivity contribution in [3.05, 3.63) is 0 Å². The van der Waals surface area contributed by atoms with Gasteiger partial charge in [-0.3, -0.25) is 0 Å². The molecule has 0 aromatic carbocycles. The van der Waals surface area contributed by atoms with Gasteiger partial charge < -0.3 is 0 Å². The van der Waals surface area contributed by atoms with Crippen LogP contribution < -0.4 is 5.50 Å². The molecule has 0 saturated heterocycles. The van der Waals surface area contributed by atoms with Gasteiger partial charge >= 0.3 is 7.87 Å². The molecule has 1 unspecified atom stereocenters. The zero-order valence-corrected chi connectivity index (χ0v) is 7.55. The highest BCUT2D eigenvalue weighted by Crippen LogP contribution is 2.47. The molecule has 0 aromatic rings. The molecular formula is C6H14N2O2P+. The van der Waals surface area contributed by atoms with Crippen LogP contribution >= 0.6 is 7.87 Å². The maximum atomic E-state index is 9.29. The highest BCUT2D eigenvalue weighted by molar-refractivity contribution is 7.63. The largest absolute Gasteiger partial charge is 0.340 e. The summed E-state index contributed by atoms with van der Waals surface area (Å²) in [7, 11) is -2.70. The molecule has 0 aliphatic carbocycles. The van der Waals surface area contributed by atoms with Crippen molar-refractivity contribution in [3.63, 3.8) is 0 Å². The van der Waals surface area contributed by atoms with E-state index in [0.717, 1.165) is 6.42 Å². The average Bonchev–Trinajstić information content (AvgIpc) is 1.97. The Labute approximate surface area is 67.5 Å². The molecular weight excluding hydrogens is 163 g/mol. The van der Waals surface area contributed by atoms with Crippen LogP contribution in [-0.2, 0) is 4.52 Å². The maximum absolute atomic E-state index is 9.29. The van der Waals surface area contributed by atoms with E-state index in [-0.39, 0.29) is 12.6 Å². The van der Waals surface area contributed by atoms with E-state index in [1.807, 2.05) is 13.0 Å². The predicted molar refractivity (Wildman–Crippen MR) is 44.7 cm³/mol. The van der Waals surface area contributed by atoms with Gasteiger partial charge in [0, 0.05) is 0 Å². The standard InChI is InChI=1S/C6H14N2O2P/c1-2-5-10-11(8,9)6-3-4-7/h9H,2-3,5-6,8H2,1H3/q+1. The van der Waals surface area contributed by atoms with E-state index in [1.165, 1.54) is 0 Å². The normalized spacial score (nSPS) is 15.5. The Balaban J connectivity index is 3.54. The predicted octanol–water partition coefficient (Wildman–Crippen LogP) is 1.04. The zero-order valence-electron chi connectivity index (χ0n) is 6.66. The van der Waals surface area contributed by atoms with Crippen LogP contribution in [0.3, 0.4) is 0 Å². The van der Waals surface area contributed by atoms with Crippen molar-refractivity contribution in [3.8, 4) is 6.07 Å². The third kappa shape index (κ3) is 6.21. The van der Waals surface area contributed by atoms with E-state index in [4.69, 9.17) is 15.3 Å². The highest BCUT2D eigenvalue weighted by atomic mass is 31.2. The Morgan fingerprint density at radius 2 is 2.36 bits per heavy atom. The lowest BCUT2D eigenvalue weighted by molar-refractivity contribution is 0.291. The summed E-state index contributed by atoms with van der Waals surface area (Å²) >= 11 is 0. The fourth-order valence-electron chi connectivity index (χ4n) is 0.524. The van der Waals surface area contributed by atoms with Gasteiger partial charge in [0.25, 0.3) is 0 Å². The summed E-state index contributed by atoms with van der Waals surface area (Å²) in [5.74, 6) is 0. The maximum Gasteiger partial charge on any atom is 0.340 e. The smallest absolute Gasteiger partial charge is 0.202 e. The van der Waals surface area contributed by atoms with Gasteiger partial charge in [-0.1, -0.05) is 6.92 Å². The van der Waals surface area contributed by atoms with Crippen LogP contribution in [0.25, 0.3) is 0 Å². The van der Waals surface area contributed by atoms with Crippen molar-refractivity contribution >= 4 is 7.87 Å². The summed E-state index contributed by atoms with van der Waals surface area (Å²) in [5.41, 5.74) is 5.38. The second-order valence-corrected chi connectivity index (χ2v) is 4.44. The minimum atomic E-state index is -2.70. The van der Waals surface area contributed by atoms with Gasteiger partial charge in [0.05, 0.1) is 19.1 Å². The third-order valence-corrected chi connectivity index (χ3v) is 2.56. The molecule has 0 spiro atoms. The fourth-order valence-corrected chi connectivity index (χ4v) is 1.57. The topological polar surface area (TPSA) is 79.3 Å². The van der Waals surface area contributed by atoms with Gasteiger partial charge in [0.1, 0.15) is 6.16 Å². The first-order valence-electron chi connectivity index (χ1n) is 3.53. The minimum absolute atomic E-state index is 0.254. The highest BCUT2D eigenvalue weighted by Gasteiger charge is 2.31. The molecule has 11 heavy (non-hydrogen) atoms. The van der Waals surface area contributed by atoms with E-state index in [1.54, 1.807) is 0 Å². The first-order chi connectivity index (χ1) is 5.12. The van der Waals surface area contributed by atoms with E-state index in [2.05, 4.69) is 0 Å². The van der Waals surface area contributed by atoms with Gasteiger partial charge in [-0.25, -0.2) is 4.89 Å². The van der Waals surface area contributed by atoms with E-state index in [0.29, 0.717) is 6.61 Å². The Morgan fingerprint density at radius 1 is 1.73 bits per heavy atom. The monoisotopic (exact) mass is 177 g/mol. The summed E-state index contributed by atoms with van der Waals surface area (Å²) < 4.78 is 4.97. The van der Waals surface area contributed by atoms with Gasteiger partial charge in [-0.05, 0) is 6.42 Å². The summed E-state index contributed by atoms with van der Waals surface area (Å²) in [6.07, 6.45) is 1.35. The van der Waals surface area contributed by atoms with Gasteiger partial charge in [0.2, 0.25) is 0 Å². The van der Waals surface area contributed by atoms with Gasteiger partial charge in [0.15, 0.2) is 0 Å². The molecule has 0 aromatic heterocycles. The molecule has 64 valence electrons. The first kappa shape index (κ1) is 10.8. The second kappa shape index (κ2) is 5.45. The van der Waals surface area contributed by atoms with Crippen LogP contribution in [0.1, 0.15) is 19.8 Å².